The summed E-state index contributed by atoms with van der Waals surface area (Å²) in [7, 11) is 0. The second-order valence-corrected chi connectivity index (χ2v) is 5.86. The molecule has 0 spiro atoms. The van der Waals surface area contributed by atoms with Crippen LogP contribution < -0.4 is 5.73 Å². The second-order valence-electron chi connectivity index (χ2n) is 3.95. The van der Waals surface area contributed by atoms with E-state index in [0.717, 1.165) is 21.1 Å². The van der Waals surface area contributed by atoms with Crippen LogP contribution in [0.25, 0.3) is 0 Å². The second kappa shape index (κ2) is 6.21. The molecule has 4 heteroatoms. The van der Waals surface area contributed by atoms with E-state index in [0.29, 0.717) is 5.92 Å². The average Bonchev–Trinajstić information content (AvgIpc) is 2.25. The number of rotatable bonds is 5. The molecular weight excluding hydrogens is 236 g/mol. The van der Waals surface area contributed by atoms with Crippen molar-refractivity contribution in [2.75, 3.05) is 12.0 Å². The van der Waals surface area contributed by atoms with Gasteiger partial charge in [0.25, 0.3) is 0 Å². The lowest BCUT2D eigenvalue weighted by Crippen LogP contribution is -2.14. The largest absolute Gasteiger partial charge is 0.384 e. The first-order valence-corrected chi connectivity index (χ1v) is 7.41. The summed E-state index contributed by atoms with van der Waals surface area (Å²) < 4.78 is 0. The molecule has 0 aliphatic carbocycles. The number of thioether (sulfide) groups is 2. The Labute approximate surface area is 106 Å². The predicted molar refractivity (Wildman–Crippen MR) is 74.8 cm³/mol. The molecule has 2 nitrogen and oxygen atoms in total. The fraction of sp³-hybridized carbons (Fsp3) is 0.417. The van der Waals surface area contributed by atoms with Crippen LogP contribution >= 0.6 is 23.5 Å². The van der Waals surface area contributed by atoms with Gasteiger partial charge in [-0.15, -0.1) is 23.5 Å². The normalized spacial score (nSPS) is 10.8. The van der Waals surface area contributed by atoms with E-state index in [1.54, 1.807) is 23.5 Å². The minimum absolute atomic E-state index is 0.163. The van der Waals surface area contributed by atoms with E-state index in [1.807, 2.05) is 24.5 Å². The molecule has 0 radical (unpaired) electrons. The van der Waals surface area contributed by atoms with Crippen LogP contribution in [-0.2, 0) is 0 Å². The molecule has 0 saturated carbocycles. The first-order valence-electron chi connectivity index (χ1n) is 5.20. The zero-order chi connectivity index (χ0) is 12.1. The van der Waals surface area contributed by atoms with Crippen LogP contribution in [-0.4, -0.2) is 17.8 Å². The zero-order valence-electron chi connectivity index (χ0n) is 9.91. The van der Waals surface area contributed by atoms with Crippen LogP contribution in [0, 0.1) is 11.3 Å². The van der Waals surface area contributed by atoms with Gasteiger partial charge in [0.2, 0.25) is 0 Å². The van der Waals surface area contributed by atoms with Gasteiger partial charge >= 0.3 is 0 Å². The van der Waals surface area contributed by atoms with Crippen LogP contribution in [0.1, 0.15) is 19.4 Å². The van der Waals surface area contributed by atoms with Crippen molar-refractivity contribution in [3.05, 3.63) is 23.8 Å². The molecule has 0 aliphatic heterocycles. The Bertz CT molecular complexity index is 375. The number of nitrogen functional groups attached to an aromatic ring is 1. The first-order chi connectivity index (χ1) is 7.56. The first kappa shape index (κ1) is 13.5. The highest BCUT2D eigenvalue weighted by Gasteiger charge is 2.11. The molecule has 1 rings (SSSR count). The molecular formula is C12H18N2S2. The van der Waals surface area contributed by atoms with E-state index in [1.165, 1.54) is 0 Å². The van der Waals surface area contributed by atoms with Gasteiger partial charge in [-0.25, -0.2) is 0 Å². The maximum Gasteiger partial charge on any atom is 0.125 e. The van der Waals surface area contributed by atoms with Crippen LogP contribution in [0.3, 0.4) is 0 Å². The monoisotopic (exact) mass is 254 g/mol. The number of amidine groups is 1. The predicted octanol–water partition coefficient (Wildman–Crippen LogP) is 3.44. The van der Waals surface area contributed by atoms with Crippen molar-refractivity contribution < 1.29 is 0 Å². The van der Waals surface area contributed by atoms with Gasteiger partial charge in [-0.3, -0.25) is 5.41 Å². The summed E-state index contributed by atoms with van der Waals surface area (Å²) in [5, 5.41) is 7.66. The molecule has 3 N–H and O–H groups in total. The molecule has 0 unspecified atom stereocenters. The zero-order valence-corrected chi connectivity index (χ0v) is 11.5. The van der Waals surface area contributed by atoms with Gasteiger partial charge in [0.1, 0.15) is 5.84 Å². The summed E-state index contributed by atoms with van der Waals surface area (Å²) in [6.45, 7) is 4.39. The number of hydrogen-bond donors (Lipinski definition) is 2. The Morgan fingerprint density at radius 2 is 2.00 bits per heavy atom. The van der Waals surface area contributed by atoms with Crippen molar-refractivity contribution in [3.63, 3.8) is 0 Å². The highest BCUT2D eigenvalue weighted by molar-refractivity contribution is 8.00. The van der Waals surface area contributed by atoms with Gasteiger partial charge in [-0.05, 0) is 24.3 Å². The van der Waals surface area contributed by atoms with Crippen molar-refractivity contribution >= 4 is 29.4 Å². The summed E-state index contributed by atoms with van der Waals surface area (Å²) in [4.78, 5) is 2.20. The minimum Gasteiger partial charge on any atom is -0.384 e. The molecule has 0 heterocycles. The third-order valence-corrected chi connectivity index (χ3v) is 4.31. The van der Waals surface area contributed by atoms with Crippen LogP contribution in [0.2, 0.25) is 0 Å². The molecule has 0 atom stereocenters. The Morgan fingerprint density at radius 1 is 1.38 bits per heavy atom. The third kappa shape index (κ3) is 3.46. The summed E-state index contributed by atoms with van der Waals surface area (Å²) in [6.07, 6.45) is 2.01. The number of nitrogens with one attached hydrogen (secondary N) is 1. The van der Waals surface area contributed by atoms with E-state index in [4.69, 9.17) is 11.1 Å². The van der Waals surface area contributed by atoms with Gasteiger partial charge in [-0.1, -0.05) is 19.9 Å². The Morgan fingerprint density at radius 3 is 2.50 bits per heavy atom. The Balaban J connectivity index is 3.02. The molecule has 1 aromatic rings. The van der Waals surface area contributed by atoms with Crippen LogP contribution in [0.5, 0.6) is 0 Å². The summed E-state index contributed by atoms with van der Waals surface area (Å²) in [5.41, 5.74) is 6.54. The maximum absolute atomic E-state index is 7.66. The lowest BCUT2D eigenvalue weighted by Gasteiger charge is -2.12. The molecule has 0 fully saturated rings. The van der Waals surface area contributed by atoms with Crippen molar-refractivity contribution in [2.45, 2.75) is 23.6 Å². The number of nitrogens with two attached hydrogens (primary N) is 1. The summed E-state index contributed by atoms with van der Waals surface area (Å²) in [5.74, 6) is 1.86. The average molecular weight is 254 g/mol. The van der Waals surface area contributed by atoms with Crippen LogP contribution in [0.15, 0.2) is 28.0 Å². The third-order valence-electron chi connectivity index (χ3n) is 2.05. The van der Waals surface area contributed by atoms with Crippen molar-refractivity contribution in [3.8, 4) is 0 Å². The fourth-order valence-electron chi connectivity index (χ4n) is 1.32. The van der Waals surface area contributed by atoms with E-state index < -0.39 is 0 Å². The minimum atomic E-state index is 0.163. The molecule has 1 aromatic carbocycles. The molecule has 0 aromatic heterocycles. The van der Waals surface area contributed by atoms with Gasteiger partial charge in [0.05, 0.1) is 0 Å². The topological polar surface area (TPSA) is 49.9 Å². The van der Waals surface area contributed by atoms with Crippen molar-refractivity contribution in [1.82, 2.24) is 0 Å². The summed E-state index contributed by atoms with van der Waals surface area (Å²) >= 11 is 3.42. The van der Waals surface area contributed by atoms with E-state index >= 15 is 0 Å². The summed E-state index contributed by atoms with van der Waals surface area (Å²) in [6, 6.07) is 6.09. The molecule has 0 bridgehead atoms. The SMILES string of the molecule is CSc1cccc(SCC(C)C)c1C(=N)N. The highest BCUT2D eigenvalue weighted by Crippen LogP contribution is 2.30. The van der Waals surface area contributed by atoms with Gasteiger partial charge in [0.15, 0.2) is 0 Å². The fourth-order valence-corrected chi connectivity index (χ4v) is 3.08. The van der Waals surface area contributed by atoms with Crippen LogP contribution in [0.4, 0.5) is 0 Å². The molecule has 0 amide bonds. The number of hydrogen-bond acceptors (Lipinski definition) is 3. The Kier molecular flexibility index (Phi) is 5.22. The van der Waals surface area contributed by atoms with E-state index in [2.05, 4.69) is 13.8 Å². The lowest BCUT2D eigenvalue weighted by atomic mass is 10.2. The molecule has 16 heavy (non-hydrogen) atoms. The van der Waals surface area contributed by atoms with Crippen molar-refractivity contribution in [1.29, 1.82) is 5.41 Å². The van der Waals surface area contributed by atoms with E-state index in [-0.39, 0.29) is 5.84 Å². The molecule has 0 saturated heterocycles. The maximum atomic E-state index is 7.66. The molecule has 88 valence electrons. The van der Waals surface area contributed by atoms with Gasteiger partial charge in [0, 0.05) is 21.1 Å². The Hall–Kier alpha value is -0.610. The van der Waals surface area contributed by atoms with Crippen molar-refractivity contribution in [2.24, 2.45) is 11.7 Å². The molecule has 0 aliphatic rings. The standard InChI is InChI=1S/C12H18N2S2/c1-8(2)7-16-10-6-4-5-9(15-3)11(10)12(13)14/h4-6,8H,7H2,1-3H3,(H3,13,14). The van der Waals surface area contributed by atoms with Gasteiger partial charge < -0.3 is 5.73 Å². The van der Waals surface area contributed by atoms with Gasteiger partial charge in [-0.2, -0.15) is 0 Å². The quantitative estimate of drug-likeness (QED) is 0.481. The highest BCUT2D eigenvalue weighted by atomic mass is 32.2. The lowest BCUT2D eigenvalue weighted by molar-refractivity contribution is 0.750. The smallest absolute Gasteiger partial charge is 0.125 e. The number of benzene rings is 1. The van der Waals surface area contributed by atoms with E-state index in [9.17, 15) is 0 Å².